The minimum absolute atomic E-state index is 0.0326. The molecule has 0 bridgehead atoms. The third-order valence-electron chi connectivity index (χ3n) is 3.18. The maximum absolute atomic E-state index is 12.5. The van der Waals surface area contributed by atoms with E-state index in [2.05, 4.69) is 54.7 Å². The number of nitrogens with one attached hydrogen (secondary N) is 3. The first-order chi connectivity index (χ1) is 12.8. The van der Waals surface area contributed by atoms with E-state index in [0.717, 1.165) is 8.04 Å². The van der Waals surface area contributed by atoms with Gasteiger partial charge in [0, 0.05) is 8.04 Å². The summed E-state index contributed by atoms with van der Waals surface area (Å²) in [6.45, 7) is 3.74. The smallest absolute Gasteiger partial charge is 0.270 e. The number of hydrazine groups is 1. The first-order valence-electron chi connectivity index (χ1n) is 7.90. The van der Waals surface area contributed by atoms with Gasteiger partial charge in [0.15, 0.2) is 5.11 Å². The van der Waals surface area contributed by atoms with E-state index in [1.165, 1.54) is 0 Å². The van der Waals surface area contributed by atoms with Crippen molar-refractivity contribution in [3.8, 4) is 5.75 Å². The summed E-state index contributed by atoms with van der Waals surface area (Å²) in [6.07, 6.45) is -0.0876. The van der Waals surface area contributed by atoms with Crippen molar-refractivity contribution >= 4 is 67.7 Å². The fourth-order valence-corrected chi connectivity index (χ4v) is 3.20. The van der Waals surface area contributed by atoms with Crippen LogP contribution in [0.1, 0.15) is 34.6 Å². The molecule has 142 valence electrons. The summed E-state index contributed by atoms with van der Waals surface area (Å²) in [5.74, 6) is -0.368. The number of thiocarbonyl (C=S) groups is 1. The Balaban J connectivity index is 2.00. The van der Waals surface area contributed by atoms with E-state index in [-0.39, 0.29) is 17.1 Å². The summed E-state index contributed by atoms with van der Waals surface area (Å²) in [5, 5.41) is 2.49. The van der Waals surface area contributed by atoms with Gasteiger partial charge in [-0.1, -0.05) is 28.1 Å². The lowest BCUT2D eigenvalue weighted by atomic mass is 10.2. The summed E-state index contributed by atoms with van der Waals surface area (Å²) in [6, 6.07) is 12.2. The highest BCUT2D eigenvalue weighted by atomic mass is 127. The molecule has 0 fully saturated rings. The highest BCUT2D eigenvalue weighted by Gasteiger charge is 2.16. The molecule has 0 aliphatic heterocycles. The molecule has 2 aromatic carbocycles. The Morgan fingerprint density at radius 3 is 2.44 bits per heavy atom. The molecule has 0 unspecified atom stereocenters. The zero-order valence-corrected chi connectivity index (χ0v) is 19.1. The van der Waals surface area contributed by atoms with Crippen molar-refractivity contribution in [1.82, 2.24) is 16.2 Å². The SMILES string of the molecule is CC(C)Oc1ccc(Br)cc1C(=O)NC(=S)NNC(=O)c1ccccc1I. The zero-order valence-electron chi connectivity index (χ0n) is 14.5. The number of benzene rings is 2. The molecule has 0 aliphatic rings. The molecular formula is C18H17BrIN3O3S. The Labute approximate surface area is 184 Å². The average Bonchev–Trinajstić information content (AvgIpc) is 2.61. The zero-order chi connectivity index (χ0) is 20.0. The van der Waals surface area contributed by atoms with Gasteiger partial charge in [-0.15, -0.1) is 0 Å². The lowest BCUT2D eigenvalue weighted by Crippen LogP contribution is -2.48. The summed E-state index contributed by atoms with van der Waals surface area (Å²) in [7, 11) is 0. The topological polar surface area (TPSA) is 79.5 Å². The van der Waals surface area contributed by atoms with Crippen molar-refractivity contribution in [2.45, 2.75) is 20.0 Å². The van der Waals surface area contributed by atoms with Crippen molar-refractivity contribution < 1.29 is 14.3 Å². The van der Waals surface area contributed by atoms with Gasteiger partial charge in [0.1, 0.15) is 5.75 Å². The molecule has 2 aromatic rings. The number of carbonyl (C=O) groups is 2. The van der Waals surface area contributed by atoms with Gasteiger partial charge in [-0.05, 0) is 79.0 Å². The predicted molar refractivity (Wildman–Crippen MR) is 120 cm³/mol. The fraction of sp³-hybridized carbons (Fsp3) is 0.167. The van der Waals surface area contributed by atoms with Crippen LogP contribution in [0.25, 0.3) is 0 Å². The van der Waals surface area contributed by atoms with Crippen LogP contribution in [0.15, 0.2) is 46.9 Å². The molecule has 27 heavy (non-hydrogen) atoms. The number of amides is 2. The van der Waals surface area contributed by atoms with Crippen LogP contribution < -0.4 is 20.9 Å². The number of halogens is 2. The average molecular weight is 562 g/mol. The molecule has 9 heteroatoms. The predicted octanol–water partition coefficient (Wildman–Crippen LogP) is 3.79. The standard InChI is InChI=1S/C18H17BrIN3O3S/c1-10(2)26-15-8-7-11(19)9-13(15)16(24)21-18(27)23-22-17(25)12-5-3-4-6-14(12)20/h3-10H,1-2H3,(H,22,25)(H2,21,23,24,27). The van der Waals surface area contributed by atoms with E-state index in [0.29, 0.717) is 16.9 Å². The first-order valence-corrected chi connectivity index (χ1v) is 10.2. The van der Waals surface area contributed by atoms with E-state index in [9.17, 15) is 9.59 Å². The van der Waals surface area contributed by atoms with Crippen molar-refractivity contribution in [3.05, 3.63) is 61.6 Å². The van der Waals surface area contributed by atoms with Crippen molar-refractivity contribution in [1.29, 1.82) is 0 Å². The number of carbonyl (C=O) groups excluding carboxylic acids is 2. The second-order valence-corrected chi connectivity index (χ2v) is 8.14. The summed E-state index contributed by atoms with van der Waals surface area (Å²) < 4.78 is 7.19. The van der Waals surface area contributed by atoms with Crippen LogP contribution in [0.4, 0.5) is 0 Å². The van der Waals surface area contributed by atoms with Crippen molar-refractivity contribution in [2.24, 2.45) is 0 Å². The molecule has 6 nitrogen and oxygen atoms in total. The third-order valence-corrected chi connectivity index (χ3v) is 4.82. The van der Waals surface area contributed by atoms with Crippen LogP contribution in [-0.2, 0) is 0 Å². The van der Waals surface area contributed by atoms with Crippen LogP contribution in [0.3, 0.4) is 0 Å². The Hall–Kier alpha value is -1.72. The minimum atomic E-state index is -0.451. The van der Waals surface area contributed by atoms with Crippen LogP contribution in [-0.4, -0.2) is 23.0 Å². The fourth-order valence-electron chi connectivity index (χ4n) is 2.06. The molecule has 0 aromatic heterocycles. The lowest BCUT2D eigenvalue weighted by Gasteiger charge is -2.15. The van der Waals surface area contributed by atoms with Gasteiger partial charge < -0.3 is 4.74 Å². The summed E-state index contributed by atoms with van der Waals surface area (Å²) >= 11 is 10.5. The van der Waals surface area contributed by atoms with Crippen LogP contribution >= 0.6 is 50.7 Å². The molecule has 0 atom stereocenters. The van der Waals surface area contributed by atoms with Crippen molar-refractivity contribution in [3.63, 3.8) is 0 Å². The first kappa shape index (κ1) is 21.6. The van der Waals surface area contributed by atoms with E-state index in [4.69, 9.17) is 17.0 Å². The van der Waals surface area contributed by atoms with Gasteiger partial charge in [0.05, 0.1) is 17.2 Å². The molecule has 0 radical (unpaired) electrons. The van der Waals surface area contributed by atoms with E-state index in [1.54, 1.807) is 30.3 Å². The molecule has 0 saturated heterocycles. The quantitative estimate of drug-likeness (QED) is 0.301. The molecule has 0 heterocycles. The van der Waals surface area contributed by atoms with E-state index >= 15 is 0 Å². The van der Waals surface area contributed by atoms with Crippen molar-refractivity contribution in [2.75, 3.05) is 0 Å². The number of hydrogen-bond acceptors (Lipinski definition) is 4. The number of hydrogen-bond donors (Lipinski definition) is 3. The molecule has 0 spiro atoms. The summed E-state index contributed by atoms with van der Waals surface area (Å²) in [5.41, 5.74) is 5.82. The van der Waals surface area contributed by atoms with Gasteiger partial charge in [0.25, 0.3) is 11.8 Å². The van der Waals surface area contributed by atoms with Gasteiger partial charge in [0.2, 0.25) is 0 Å². The second kappa shape index (κ2) is 10.00. The highest BCUT2D eigenvalue weighted by Crippen LogP contribution is 2.24. The van der Waals surface area contributed by atoms with Gasteiger partial charge in [-0.2, -0.15) is 0 Å². The Morgan fingerprint density at radius 1 is 1.07 bits per heavy atom. The molecule has 0 aliphatic carbocycles. The van der Waals surface area contributed by atoms with Gasteiger partial charge in [-0.3, -0.25) is 25.8 Å². The minimum Gasteiger partial charge on any atom is -0.490 e. The molecule has 2 amide bonds. The normalized spacial score (nSPS) is 10.3. The molecule has 3 N–H and O–H groups in total. The largest absolute Gasteiger partial charge is 0.490 e. The van der Waals surface area contributed by atoms with E-state index < -0.39 is 5.91 Å². The van der Waals surface area contributed by atoms with Gasteiger partial charge >= 0.3 is 0 Å². The lowest BCUT2D eigenvalue weighted by molar-refractivity contribution is 0.0932. The third kappa shape index (κ3) is 6.43. The second-order valence-electron chi connectivity index (χ2n) is 5.65. The Kier molecular flexibility index (Phi) is 7.99. The van der Waals surface area contributed by atoms with E-state index in [1.807, 2.05) is 26.0 Å². The maximum Gasteiger partial charge on any atom is 0.270 e. The molecule has 2 rings (SSSR count). The Bertz CT molecular complexity index is 877. The Morgan fingerprint density at radius 2 is 1.78 bits per heavy atom. The van der Waals surface area contributed by atoms with Gasteiger partial charge in [-0.25, -0.2) is 0 Å². The van der Waals surface area contributed by atoms with Crippen LogP contribution in [0.5, 0.6) is 5.75 Å². The number of ether oxygens (including phenoxy) is 1. The molecular weight excluding hydrogens is 545 g/mol. The van der Waals surface area contributed by atoms with Crippen LogP contribution in [0, 0.1) is 3.57 Å². The summed E-state index contributed by atoms with van der Waals surface area (Å²) in [4.78, 5) is 24.7. The maximum atomic E-state index is 12.5. The van der Waals surface area contributed by atoms with Crippen LogP contribution in [0.2, 0.25) is 0 Å². The number of rotatable bonds is 4. The molecule has 0 saturated carbocycles. The monoisotopic (exact) mass is 561 g/mol. The highest BCUT2D eigenvalue weighted by molar-refractivity contribution is 14.1.